The van der Waals surface area contributed by atoms with Crippen molar-refractivity contribution >= 4 is 11.9 Å². The standard InChI is InChI=1S/C21H21NO6/c23-19(24)12-28-16-3-1-2-15(10-16)21(25)22-20(13-4-5-13)14-6-7-17-18(11-14)27-9-8-26-17/h1-3,6-7,10-11,13,20H,4-5,8-9,12H2,(H,22,25)(H,23,24). The van der Waals surface area contributed by atoms with Crippen LogP contribution in [0.15, 0.2) is 42.5 Å². The number of carbonyl (C=O) groups excluding carboxylic acids is 1. The van der Waals surface area contributed by atoms with Crippen molar-refractivity contribution in [3.8, 4) is 17.2 Å². The lowest BCUT2D eigenvalue weighted by molar-refractivity contribution is -0.139. The molecule has 28 heavy (non-hydrogen) atoms. The predicted octanol–water partition coefficient (Wildman–Crippen LogP) is 2.80. The molecule has 1 fully saturated rings. The molecule has 1 saturated carbocycles. The van der Waals surface area contributed by atoms with Crippen LogP contribution in [0.4, 0.5) is 0 Å². The number of ether oxygens (including phenoxy) is 3. The quantitative estimate of drug-likeness (QED) is 0.764. The molecule has 2 N–H and O–H groups in total. The maximum absolute atomic E-state index is 12.8. The van der Waals surface area contributed by atoms with Crippen molar-refractivity contribution in [3.05, 3.63) is 53.6 Å². The molecule has 4 rings (SSSR count). The first-order valence-electron chi connectivity index (χ1n) is 9.25. The summed E-state index contributed by atoms with van der Waals surface area (Å²) in [6, 6.07) is 12.2. The van der Waals surface area contributed by atoms with Gasteiger partial charge >= 0.3 is 5.97 Å². The van der Waals surface area contributed by atoms with Gasteiger partial charge in [-0.25, -0.2) is 4.79 Å². The van der Waals surface area contributed by atoms with E-state index in [0.29, 0.717) is 36.2 Å². The Morgan fingerprint density at radius 2 is 1.89 bits per heavy atom. The number of carboxylic acids is 1. The zero-order valence-electron chi connectivity index (χ0n) is 15.2. The van der Waals surface area contributed by atoms with Crippen molar-refractivity contribution in [2.75, 3.05) is 19.8 Å². The van der Waals surface area contributed by atoms with E-state index in [1.165, 1.54) is 0 Å². The van der Waals surface area contributed by atoms with Crippen LogP contribution in [0.2, 0.25) is 0 Å². The van der Waals surface area contributed by atoms with Gasteiger partial charge in [-0.15, -0.1) is 0 Å². The molecule has 7 nitrogen and oxygen atoms in total. The van der Waals surface area contributed by atoms with Gasteiger partial charge in [-0.05, 0) is 54.7 Å². The van der Waals surface area contributed by atoms with Crippen LogP contribution < -0.4 is 19.5 Å². The fourth-order valence-corrected chi connectivity index (χ4v) is 3.25. The summed E-state index contributed by atoms with van der Waals surface area (Å²) in [5.41, 5.74) is 1.41. The molecule has 1 amide bonds. The summed E-state index contributed by atoms with van der Waals surface area (Å²) in [4.78, 5) is 23.5. The third-order valence-corrected chi connectivity index (χ3v) is 4.76. The smallest absolute Gasteiger partial charge is 0.341 e. The molecule has 0 bridgehead atoms. The molecule has 0 aromatic heterocycles. The van der Waals surface area contributed by atoms with Crippen molar-refractivity contribution in [1.29, 1.82) is 0 Å². The van der Waals surface area contributed by atoms with Crippen molar-refractivity contribution in [1.82, 2.24) is 5.32 Å². The van der Waals surface area contributed by atoms with Crippen LogP contribution in [-0.4, -0.2) is 36.8 Å². The zero-order chi connectivity index (χ0) is 19.5. The zero-order valence-corrected chi connectivity index (χ0v) is 15.2. The van der Waals surface area contributed by atoms with E-state index in [1.807, 2.05) is 18.2 Å². The molecule has 1 aliphatic carbocycles. The Morgan fingerprint density at radius 1 is 1.11 bits per heavy atom. The second kappa shape index (κ2) is 7.80. The number of aliphatic carboxylic acids is 1. The van der Waals surface area contributed by atoms with Gasteiger partial charge in [0.1, 0.15) is 19.0 Å². The molecular weight excluding hydrogens is 362 g/mol. The summed E-state index contributed by atoms with van der Waals surface area (Å²) < 4.78 is 16.4. The number of benzene rings is 2. The second-order valence-corrected chi connectivity index (χ2v) is 6.90. The molecule has 0 spiro atoms. The highest BCUT2D eigenvalue weighted by molar-refractivity contribution is 5.95. The minimum Gasteiger partial charge on any atom is -0.486 e. The van der Waals surface area contributed by atoms with E-state index < -0.39 is 12.6 Å². The lowest BCUT2D eigenvalue weighted by Crippen LogP contribution is -2.30. The average molecular weight is 383 g/mol. The Hall–Kier alpha value is -3.22. The van der Waals surface area contributed by atoms with Crippen molar-refractivity contribution in [2.24, 2.45) is 5.92 Å². The molecule has 0 saturated heterocycles. The largest absolute Gasteiger partial charge is 0.486 e. The summed E-state index contributed by atoms with van der Waals surface area (Å²) in [6.07, 6.45) is 2.11. The van der Waals surface area contributed by atoms with Gasteiger partial charge in [-0.3, -0.25) is 4.79 Å². The number of nitrogens with one attached hydrogen (secondary N) is 1. The highest BCUT2D eigenvalue weighted by Crippen LogP contribution is 2.43. The van der Waals surface area contributed by atoms with Crippen molar-refractivity contribution < 1.29 is 28.9 Å². The first-order chi connectivity index (χ1) is 13.6. The minimum absolute atomic E-state index is 0.119. The maximum Gasteiger partial charge on any atom is 0.341 e. The number of carbonyl (C=O) groups is 2. The molecule has 2 aromatic rings. The van der Waals surface area contributed by atoms with E-state index >= 15 is 0 Å². The van der Waals surface area contributed by atoms with E-state index in [4.69, 9.17) is 19.3 Å². The van der Waals surface area contributed by atoms with Gasteiger partial charge in [-0.1, -0.05) is 12.1 Å². The van der Waals surface area contributed by atoms with Gasteiger partial charge < -0.3 is 24.6 Å². The predicted molar refractivity (Wildman–Crippen MR) is 99.9 cm³/mol. The summed E-state index contributed by atoms with van der Waals surface area (Å²) in [7, 11) is 0. The first kappa shape index (κ1) is 18.2. The number of hydrogen-bond acceptors (Lipinski definition) is 5. The Kier molecular flexibility index (Phi) is 5.06. The van der Waals surface area contributed by atoms with Gasteiger partial charge in [0, 0.05) is 5.56 Å². The van der Waals surface area contributed by atoms with Gasteiger partial charge in [0.15, 0.2) is 18.1 Å². The fraction of sp³-hybridized carbons (Fsp3) is 0.333. The molecule has 1 heterocycles. The summed E-state index contributed by atoms with van der Waals surface area (Å²) in [5.74, 6) is 0.858. The Bertz CT molecular complexity index is 892. The fourth-order valence-electron chi connectivity index (χ4n) is 3.25. The second-order valence-electron chi connectivity index (χ2n) is 6.90. The number of amides is 1. The molecule has 2 aliphatic rings. The highest BCUT2D eigenvalue weighted by Gasteiger charge is 2.34. The van der Waals surface area contributed by atoms with Crippen molar-refractivity contribution in [2.45, 2.75) is 18.9 Å². The Labute approximate surface area is 162 Å². The van der Waals surface area contributed by atoms with Gasteiger partial charge in [0.25, 0.3) is 5.91 Å². The maximum atomic E-state index is 12.8. The monoisotopic (exact) mass is 383 g/mol. The third kappa shape index (κ3) is 4.19. The topological polar surface area (TPSA) is 94.1 Å². The van der Waals surface area contributed by atoms with Crippen molar-refractivity contribution in [3.63, 3.8) is 0 Å². The molecule has 2 aromatic carbocycles. The van der Waals surface area contributed by atoms with E-state index in [2.05, 4.69) is 5.32 Å². The van der Waals surface area contributed by atoms with Crippen LogP contribution in [-0.2, 0) is 4.79 Å². The molecular formula is C21H21NO6. The van der Waals surface area contributed by atoms with Crippen LogP contribution in [0, 0.1) is 5.92 Å². The summed E-state index contributed by atoms with van der Waals surface area (Å²) >= 11 is 0. The average Bonchev–Trinajstić information content (AvgIpc) is 3.55. The highest BCUT2D eigenvalue weighted by atomic mass is 16.6. The van der Waals surface area contributed by atoms with E-state index in [-0.39, 0.29) is 11.9 Å². The summed E-state index contributed by atoms with van der Waals surface area (Å²) in [6.45, 7) is 0.600. The lowest BCUT2D eigenvalue weighted by Gasteiger charge is -2.23. The summed E-state index contributed by atoms with van der Waals surface area (Å²) in [5, 5.41) is 11.8. The normalized spacial score (nSPS) is 16.1. The third-order valence-electron chi connectivity index (χ3n) is 4.76. The van der Waals surface area contributed by atoms with Gasteiger partial charge in [0.2, 0.25) is 0 Å². The van der Waals surface area contributed by atoms with Gasteiger partial charge in [-0.2, -0.15) is 0 Å². The van der Waals surface area contributed by atoms with Crippen LogP contribution in [0.3, 0.4) is 0 Å². The van der Waals surface area contributed by atoms with Crippen LogP contribution >= 0.6 is 0 Å². The van der Waals surface area contributed by atoms with E-state index in [9.17, 15) is 9.59 Å². The lowest BCUT2D eigenvalue weighted by atomic mass is 10.0. The van der Waals surface area contributed by atoms with Crippen LogP contribution in [0.25, 0.3) is 0 Å². The van der Waals surface area contributed by atoms with Gasteiger partial charge in [0.05, 0.1) is 6.04 Å². The Morgan fingerprint density at radius 3 is 2.64 bits per heavy atom. The molecule has 146 valence electrons. The minimum atomic E-state index is -1.07. The first-order valence-corrected chi connectivity index (χ1v) is 9.25. The Balaban J connectivity index is 1.50. The molecule has 0 radical (unpaired) electrons. The van der Waals surface area contributed by atoms with Crippen LogP contribution in [0.1, 0.15) is 34.8 Å². The SMILES string of the molecule is O=C(O)COc1cccc(C(=O)NC(c2ccc3c(c2)OCCO3)C2CC2)c1. The number of rotatable bonds is 7. The number of hydrogen-bond donors (Lipinski definition) is 2. The van der Waals surface area contributed by atoms with Crippen LogP contribution in [0.5, 0.6) is 17.2 Å². The molecule has 1 atom stereocenters. The molecule has 1 unspecified atom stereocenters. The molecule has 7 heteroatoms. The number of fused-ring (bicyclic) bond motifs is 1. The van der Waals surface area contributed by atoms with E-state index in [0.717, 1.165) is 24.2 Å². The molecule has 1 aliphatic heterocycles. The number of carboxylic acid groups (broad SMARTS) is 1. The van der Waals surface area contributed by atoms with E-state index in [1.54, 1.807) is 24.3 Å².